The molecule has 0 spiro atoms. The molecule has 0 bridgehead atoms. The van der Waals surface area contributed by atoms with Crippen LogP contribution in [0.15, 0.2) is 30.3 Å². The Labute approximate surface area is 144 Å². The van der Waals surface area contributed by atoms with Crippen molar-refractivity contribution in [3.8, 4) is 0 Å². The molecule has 6 heteroatoms. The fourth-order valence-corrected chi connectivity index (χ4v) is 2.60. The SMILES string of the molecule is Cc1cc(C)c(C(=O)OC(C)C(=O)Nc2cc(F)ccc2F)c(C)c1. The molecule has 0 aliphatic heterocycles. The number of halogens is 2. The molecule has 0 saturated heterocycles. The Morgan fingerprint density at radius 3 is 2.24 bits per heavy atom. The summed E-state index contributed by atoms with van der Waals surface area (Å²) in [7, 11) is 0. The van der Waals surface area contributed by atoms with E-state index in [0.29, 0.717) is 5.56 Å². The van der Waals surface area contributed by atoms with Crippen LogP contribution in [0.25, 0.3) is 0 Å². The van der Waals surface area contributed by atoms with E-state index in [1.165, 1.54) is 6.92 Å². The Balaban J connectivity index is 2.11. The molecule has 1 N–H and O–H groups in total. The van der Waals surface area contributed by atoms with Crippen molar-refractivity contribution in [1.82, 2.24) is 0 Å². The molecule has 132 valence electrons. The van der Waals surface area contributed by atoms with Crippen LogP contribution in [0.4, 0.5) is 14.5 Å². The van der Waals surface area contributed by atoms with Gasteiger partial charge in [-0.25, -0.2) is 13.6 Å². The van der Waals surface area contributed by atoms with Crippen LogP contribution in [-0.2, 0) is 9.53 Å². The van der Waals surface area contributed by atoms with Crippen molar-refractivity contribution in [1.29, 1.82) is 0 Å². The first-order chi connectivity index (χ1) is 11.7. The topological polar surface area (TPSA) is 55.4 Å². The van der Waals surface area contributed by atoms with Crippen molar-refractivity contribution in [3.63, 3.8) is 0 Å². The van der Waals surface area contributed by atoms with Gasteiger partial charge in [0.05, 0.1) is 11.3 Å². The maximum atomic E-state index is 13.6. The summed E-state index contributed by atoms with van der Waals surface area (Å²) in [5.41, 5.74) is 2.58. The van der Waals surface area contributed by atoms with Gasteiger partial charge in [0.1, 0.15) is 11.6 Å². The molecule has 2 aromatic rings. The van der Waals surface area contributed by atoms with Crippen molar-refractivity contribution >= 4 is 17.6 Å². The Kier molecular flexibility index (Phi) is 5.51. The fraction of sp³-hybridized carbons (Fsp3) is 0.263. The maximum absolute atomic E-state index is 13.6. The van der Waals surface area contributed by atoms with Crippen LogP contribution in [-0.4, -0.2) is 18.0 Å². The molecule has 2 rings (SSSR count). The van der Waals surface area contributed by atoms with Crippen LogP contribution in [0, 0.1) is 32.4 Å². The van der Waals surface area contributed by atoms with Crippen molar-refractivity contribution in [3.05, 3.63) is 64.2 Å². The molecule has 25 heavy (non-hydrogen) atoms. The van der Waals surface area contributed by atoms with Gasteiger partial charge >= 0.3 is 5.97 Å². The summed E-state index contributed by atoms with van der Waals surface area (Å²) in [4.78, 5) is 24.4. The zero-order valence-corrected chi connectivity index (χ0v) is 14.4. The van der Waals surface area contributed by atoms with E-state index in [1.54, 1.807) is 13.8 Å². The lowest BCUT2D eigenvalue weighted by Gasteiger charge is -2.16. The number of carbonyl (C=O) groups is 2. The van der Waals surface area contributed by atoms with Gasteiger partial charge in [-0.05, 0) is 51.0 Å². The highest BCUT2D eigenvalue weighted by Crippen LogP contribution is 2.19. The number of nitrogens with one attached hydrogen (secondary N) is 1. The van der Waals surface area contributed by atoms with Crippen molar-refractivity contribution < 1.29 is 23.1 Å². The van der Waals surface area contributed by atoms with E-state index in [-0.39, 0.29) is 5.69 Å². The third kappa shape index (κ3) is 4.41. The van der Waals surface area contributed by atoms with Crippen LogP contribution < -0.4 is 5.32 Å². The standard InChI is InChI=1S/C19H19F2NO3/c1-10-7-11(2)17(12(3)8-10)19(24)25-13(4)18(23)22-16-9-14(20)5-6-15(16)21/h5-9,13H,1-4H3,(H,22,23). The summed E-state index contributed by atoms with van der Waals surface area (Å²) in [5, 5.41) is 2.21. The fourth-order valence-electron chi connectivity index (χ4n) is 2.60. The average molecular weight is 347 g/mol. The third-order valence-electron chi connectivity index (χ3n) is 3.72. The van der Waals surface area contributed by atoms with Gasteiger partial charge in [-0.1, -0.05) is 17.7 Å². The zero-order chi connectivity index (χ0) is 18.7. The summed E-state index contributed by atoms with van der Waals surface area (Å²) in [6, 6.07) is 6.39. The van der Waals surface area contributed by atoms with E-state index in [1.807, 2.05) is 19.1 Å². The Morgan fingerprint density at radius 1 is 1.04 bits per heavy atom. The number of hydrogen-bond donors (Lipinski definition) is 1. The molecule has 0 aliphatic carbocycles. The Morgan fingerprint density at radius 2 is 1.64 bits per heavy atom. The van der Waals surface area contributed by atoms with Gasteiger partial charge in [-0.2, -0.15) is 0 Å². The summed E-state index contributed by atoms with van der Waals surface area (Å²) in [6.07, 6.45) is -1.17. The van der Waals surface area contributed by atoms with Gasteiger partial charge in [0, 0.05) is 6.07 Å². The van der Waals surface area contributed by atoms with Gasteiger partial charge in [0.15, 0.2) is 6.10 Å². The second-order valence-corrected chi connectivity index (χ2v) is 5.93. The highest BCUT2D eigenvalue weighted by atomic mass is 19.1. The van der Waals surface area contributed by atoms with Crippen LogP contribution in [0.1, 0.15) is 34.0 Å². The first-order valence-corrected chi connectivity index (χ1v) is 7.73. The summed E-state index contributed by atoms with van der Waals surface area (Å²) >= 11 is 0. The number of rotatable bonds is 4. The molecule has 1 amide bonds. The third-order valence-corrected chi connectivity index (χ3v) is 3.72. The lowest BCUT2D eigenvalue weighted by molar-refractivity contribution is -0.123. The molecule has 1 unspecified atom stereocenters. The Bertz CT molecular complexity index is 810. The molecule has 0 aliphatic rings. The number of benzene rings is 2. The van der Waals surface area contributed by atoms with Crippen molar-refractivity contribution in [2.24, 2.45) is 0 Å². The second kappa shape index (κ2) is 7.42. The lowest BCUT2D eigenvalue weighted by Crippen LogP contribution is -2.30. The van der Waals surface area contributed by atoms with E-state index < -0.39 is 29.6 Å². The van der Waals surface area contributed by atoms with E-state index >= 15 is 0 Å². The van der Waals surface area contributed by atoms with Gasteiger partial charge in [0.2, 0.25) is 0 Å². The second-order valence-electron chi connectivity index (χ2n) is 5.93. The molecule has 0 aromatic heterocycles. The number of anilines is 1. The van der Waals surface area contributed by atoms with Crippen LogP contribution in [0.5, 0.6) is 0 Å². The average Bonchev–Trinajstić information content (AvgIpc) is 2.49. The van der Waals surface area contributed by atoms with E-state index in [9.17, 15) is 18.4 Å². The van der Waals surface area contributed by atoms with Gasteiger partial charge < -0.3 is 10.1 Å². The molecule has 4 nitrogen and oxygen atoms in total. The lowest BCUT2D eigenvalue weighted by atomic mass is 10.00. The van der Waals surface area contributed by atoms with E-state index in [0.717, 1.165) is 34.9 Å². The quantitative estimate of drug-likeness (QED) is 0.848. The summed E-state index contributed by atoms with van der Waals surface area (Å²) < 4.78 is 31.9. The number of esters is 1. The molecule has 0 saturated carbocycles. The van der Waals surface area contributed by atoms with Gasteiger partial charge in [0.25, 0.3) is 5.91 Å². The molecular formula is C19H19F2NO3. The van der Waals surface area contributed by atoms with Crippen LogP contribution in [0.2, 0.25) is 0 Å². The smallest absolute Gasteiger partial charge is 0.339 e. The predicted octanol–water partition coefficient (Wildman–Crippen LogP) is 4.07. The predicted molar refractivity (Wildman–Crippen MR) is 90.5 cm³/mol. The number of ether oxygens (including phenoxy) is 1. The minimum Gasteiger partial charge on any atom is -0.449 e. The van der Waals surface area contributed by atoms with E-state index in [4.69, 9.17) is 4.74 Å². The van der Waals surface area contributed by atoms with E-state index in [2.05, 4.69) is 5.32 Å². The van der Waals surface area contributed by atoms with Crippen molar-refractivity contribution in [2.75, 3.05) is 5.32 Å². The molecule has 0 heterocycles. The largest absolute Gasteiger partial charge is 0.449 e. The monoisotopic (exact) mass is 347 g/mol. The first kappa shape index (κ1) is 18.6. The molecule has 1 atom stereocenters. The zero-order valence-electron chi connectivity index (χ0n) is 14.4. The van der Waals surface area contributed by atoms with Gasteiger partial charge in [-0.3, -0.25) is 4.79 Å². The minimum absolute atomic E-state index is 0.310. The number of hydrogen-bond acceptors (Lipinski definition) is 3. The highest BCUT2D eigenvalue weighted by molar-refractivity contribution is 5.98. The Hall–Kier alpha value is -2.76. The molecule has 0 fully saturated rings. The molecule has 0 radical (unpaired) electrons. The van der Waals surface area contributed by atoms with Crippen LogP contribution >= 0.6 is 0 Å². The summed E-state index contributed by atoms with van der Waals surface area (Å²) in [5.74, 6) is -2.86. The van der Waals surface area contributed by atoms with Crippen molar-refractivity contribution in [2.45, 2.75) is 33.8 Å². The minimum atomic E-state index is -1.17. The highest BCUT2D eigenvalue weighted by Gasteiger charge is 2.22. The summed E-state index contributed by atoms with van der Waals surface area (Å²) in [6.45, 7) is 6.84. The maximum Gasteiger partial charge on any atom is 0.339 e. The van der Waals surface area contributed by atoms with Crippen LogP contribution in [0.3, 0.4) is 0 Å². The first-order valence-electron chi connectivity index (χ1n) is 7.73. The molecular weight excluding hydrogens is 328 g/mol. The normalized spacial score (nSPS) is 11.8. The molecule has 2 aromatic carbocycles. The number of amides is 1. The number of carbonyl (C=O) groups excluding carboxylic acids is 2. The van der Waals surface area contributed by atoms with Gasteiger partial charge in [-0.15, -0.1) is 0 Å². The number of aryl methyl sites for hydroxylation is 3.